The van der Waals surface area contributed by atoms with Crippen LogP contribution in [0.2, 0.25) is 0 Å². The minimum Gasteiger partial charge on any atom is -0.274 e. The second-order valence-electron chi connectivity index (χ2n) is 17.3. The van der Waals surface area contributed by atoms with Crippen molar-refractivity contribution in [1.82, 2.24) is 9.80 Å². The topological polar surface area (TPSA) is 74.8 Å². The molecule has 0 unspecified atom stereocenters. The minimum atomic E-state index is -0.349. The number of benzene rings is 2. The average Bonchev–Trinajstić information content (AvgIpc) is 3.28. The Bertz CT molecular complexity index is 1800. The number of amides is 4. The van der Waals surface area contributed by atoms with Gasteiger partial charge in [-0.05, 0) is 86.5 Å². The third-order valence-corrected chi connectivity index (χ3v) is 12.2. The minimum absolute atomic E-state index is 0.349. The summed E-state index contributed by atoms with van der Waals surface area (Å²) in [5, 5.41) is 0.889. The number of carbonyl (C=O) groups is 4. The summed E-state index contributed by atoms with van der Waals surface area (Å²) in [7, 11) is 0. The van der Waals surface area contributed by atoms with Crippen molar-refractivity contribution in [3.05, 3.63) is 46.5 Å². The van der Waals surface area contributed by atoms with Crippen LogP contribution in [0.15, 0.2) is 24.3 Å². The van der Waals surface area contributed by atoms with Crippen LogP contribution in [0.3, 0.4) is 0 Å². The van der Waals surface area contributed by atoms with Gasteiger partial charge in [-0.15, -0.1) is 0 Å². The van der Waals surface area contributed by atoms with Gasteiger partial charge in [0, 0.05) is 71.8 Å². The highest BCUT2D eigenvalue weighted by Gasteiger charge is 2.39. The molecule has 0 bridgehead atoms. The number of hydrogen-bond donors (Lipinski definition) is 0. The zero-order valence-corrected chi connectivity index (χ0v) is 38.5. The zero-order valence-electron chi connectivity index (χ0n) is 38.5. The molecule has 0 saturated heterocycles. The van der Waals surface area contributed by atoms with E-state index < -0.39 is 0 Å². The van der Waals surface area contributed by atoms with E-state index in [1.165, 1.54) is 86.8 Å². The van der Waals surface area contributed by atoms with Crippen LogP contribution in [-0.2, 0) is 0 Å². The maximum absolute atomic E-state index is 13.7. The van der Waals surface area contributed by atoms with Gasteiger partial charge in [0.05, 0.1) is 0 Å². The fourth-order valence-electron chi connectivity index (χ4n) is 8.53. The lowest BCUT2D eigenvalue weighted by molar-refractivity contribution is 0.0586. The van der Waals surface area contributed by atoms with E-state index in [-0.39, 0.29) is 23.6 Å². The summed E-state index contributed by atoms with van der Waals surface area (Å²) in [4.78, 5) is 57.4. The van der Waals surface area contributed by atoms with Gasteiger partial charge in [-0.1, -0.05) is 166 Å². The Kier molecular flexibility index (Phi) is 24.4. The van der Waals surface area contributed by atoms with E-state index in [0.29, 0.717) is 46.1 Å². The molecule has 0 N–H and O–H groups in total. The molecule has 2 aliphatic heterocycles. The van der Waals surface area contributed by atoms with E-state index in [4.69, 9.17) is 0 Å². The van der Waals surface area contributed by atoms with Crippen molar-refractivity contribution in [2.24, 2.45) is 0 Å². The fourth-order valence-corrected chi connectivity index (χ4v) is 8.53. The van der Waals surface area contributed by atoms with Crippen molar-refractivity contribution in [3.63, 3.8) is 0 Å². The number of unbranched alkanes of at least 4 members (excludes halogenated alkanes) is 26. The third kappa shape index (κ3) is 16.5. The normalized spacial score (nSPS) is 12.7. The highest BCUT2D eigenvalue weighted by atomic mass is 16.2. The summed E-state index contributed by atoms with van der Waals surface area (Å²) in [6.45, 7) is 5.19. The Hall–Kier alpha value is -4.78. The Labute approximate surface area is 375 Å². The maximum Gasteiger partial charge on any atom is 0.261 e. The van der Waals surface area contributed by atoms with Gasteiger partial charge in [0.15, 0.2) is 0 Å². The number of nitrogens with zero attached hydrogens (tertiary/aromatic N) is 2. The molecule has 4 rings (SSSR count). The fraction of sp³-hybridized carbons (Fsp3) is 0.607. The summed E-state index contributed by atoms with van der Waals surface area (Å²) in [5.41, 5.74) is 1.56. The molecule has 2 aromatic rings. The molecule has 6 nitrogen and oxygen atoms in total. The molecule has 4 amide bonds. The van der Waals surface area contributed by atoms with Gasteiger partial charge < -0.3 is 0 Å². The van der Waals surface area contributed by atoms with Gasteiger partial charge in [0.25, 0.3) is 23.6 Å². The first kappa shape index (κ1) is 49.9. The summed E-state index contributed by atoms with van der Waals surface area (Å²) in [6, 6.07) is 6.68. The number of rotatable bonds is 30. The molecule has 2 heterocycles. The van der Waals surface area contributed by atoms with Gasteiger partial charge in [-0.2, -0.15) is 0 Å². The summed E-state index contributed by atoms with van der Waals surface area (Å²) in [5.74, 6) is 23.3. The van der Waals surface area contributed by atoms with Crippen molar-refractivity contribution in [2.45, 2.75) is 206 Å². The van der Waals surface area contributed by atoms with E-state index >= 15 is 0 Å². The predicted octanol–water partition coefficient (Wildman–Crippen LogP) is 13.8. The summed E-state index contributed by atoms with van der Waals surface area (Å²) < 4.78 is 0. The van der Waals surface area contributed by atoms with E-state index in [1.807, 2.05) is 0 Å². The number of imide groups is 2. The van der Waals surface area contributed by atoms with Crippen LogP contribution in [0.5, 0.6) is 0 Å². The highest BCUT2D eigenvalue weighted by Crippen LogP contribution is 2.38. The van der Waals surface area contributed by atoms with Gasteiger partial charge >= 0.3 is 0 Å². The molecule has 0 aromatic heterocycles. The van der Waals surface area contributed by atoms with Crippen LogP contribution >= 0.6 is 0 Å². The van der Waals surface area contributed by atoms with Gasteiger partial charge in [0.1, 0.15) is 0 Å². The second-order valence-corrected chi connectivity index (χ2v) is 17.3. The Morgan fingerprint density at radius 3 is 0.806 bits per heavy atom. The molecule has 0 fully saturated rings. The van der Waals surface area contributed by atoms with Gasteiger partial charge in [0.2, 0.25) is 0 Å². The molecule has 0 radical (unpaired) electrons. The molecule has 0 spiro atoms. The summed E-state index contributed by atoms with van der Waals surface area (Å²) >= 11 is 0. The van der Waals surface area contributed by atoms with Crippen molar-refractivity contribution in [2.75, 3.05) is 13.1 Å². The molecule has 0 aliphatic carbocycles. The van der Waals surface area contributed by atoms with Gasteiger partial charge in [-0.3, -0.25) is 29.0 Å². The quantitative estimate of drug-likeness (QED) is 0.0446. The maximum atomic E-state index is 13.7. The van der Waals surface area contributed by atoms with Crippen molar-refractivity contribution < 1.29 is 19.2 Å². The molecular formula is C56H74N2O4. The van der Waals surface area contributed by atoms with Crippen LogP contribution in [-0.4, -0.2) is 46.5 Å². The Morgan fingerprint density at radius 2 is 0.548 bits per heavy atom. The largest absolute Gasteiger partial charge is 0.274 e. The molecule has 62 heavy (non-hydrogen) atoms. The molecule has 0 atom stereocenters. The lowest BCUT2D eigenvalue weighted by atomic mass is 9.86. The smallest absolute Gasteiger partial charge is 0.261 e. The highest BCUT2D eigenvalue weighted by molar-refractivity contribution is 6.33. The SMILES string of the molecule is CCCCCCCCC#CC#CCCCCCCCCCN1C(=O)c2ccc3c4c(ccc(c24)C1=O)C(=O)N(CCCCCCCCCC#CC#CCCCCCCCC)C3=O. The van der Waals surface area contributed by atoms with Gasteiger partial charge in [-0.25, -0.2) is 0 Å². The Balaban J connectivity index is 1.10. The van der Waals surface area contributed by atoms with Crippen LogP contribution in [0.25, 0.3) is 10.8 Å². The van der Waals surface area contributed by atoms with E-state index in [2.05, 4.69) is 61.2 Å². The average molecular weight is 839 g/mol. The van der Waals surface area contributed by atoms with Crippen molar-refractivity contribution in [3.8, 4) is 47.4 Å². The zero-order chi connectivity index (χ0) is 44.0. The monoisotopic (exact) mass is 839 g/mol. The lowest BCUT2D eigenvalue weighted by Gasteiger charge is -2.32. The van der Waals surface area contributed by atoms with E-state index in [1.54, 1.807) is 24.3 Å². The van der Waals surface area contributed by atoms with E-state index in [9.17, 15) is 19.2 Å². The molecular weight excluding hydrogens is 765 g/mol. The third-order valence-electron chi connectivity index (χ3n) is 12.2. The number of carbonyl (C=O) groups excluding carboxylic acids is 4. The second kappa shape index (κ2) is 30.3. The van der Waals surface area contributed by atoms with Crippen LogP contribution < -0.4 is 0 Å². The molecule has 2 aliphatic rings. The first-order valence-electron chi connectivity index (χ1n) is 24.7. The first-order chi connectivity index (χ1) is 30.5. The Morgan fingerprint density at radius 1 is 0.323 bits per heavy atom. The number of hydrogen-bond acceptors (Lipinski definition) is 4. The standard InChI is InChI=1S/C56H74N2O4/c1-3-5-7-9-11-13-15-17-19-21-23-25-27-29-31-33-35-37-39-45-57-53(59)47-41-43-49-52-50(44-42-48(51(47)52)54(57)60)56(62)58(55(49)61)46-40-38-36-34-32-30-28-26-24-22-20-18-16-14-12-10-8-6-4-2/h41-44H,3-16,25-40,45-46H2,1-2H3. The lowest BCUT2D eigenvalue weighted by Crippen LogP contribution is -2.43. The molecule has 332 valence electrons. The first-order valence-corrected chi connectivity index (χ1v) is 24.7. The van der Waals surface area contributed by atoms with Crippen LogP contribution in [0, 0.1) is 47.4 Å². The van der Waals surface area contributed by atoms with Crippen LogP contribution in [0.1, 0.15) is 248 Å². The van der Waals surface area contributed by atoms with Crippen molar-refractivity contribution in [1.29, 1.82) is 0 Å². The van der Waals surface area contributed by atoms with Crippen molar-refractivity contribution >= 4 is 34.4 Å². The predicted molar refractivity (Wildman–Crippen MR) is 256 cm³/mol. The summed E-state index contributed by atoms with van der Waals surface area (Å²) in [6.07, 6.45) is 33.6. The molecule has 0 saturated carbocycles. The molecule has 2 aromatic carbocycles. The van der Waals surface area contributed by atoms with E-state index in [0.717, 1.165) is 116 Å². The van der Waals surface area contributed by atoms with Crippen LogP contribution in [0.4, 0.5) is 0 Å². The molecule has 6 heteroatoms.